The van der Waals surface area contributed by atoms with Crippen molar-refractivity contribution in [1.29, 1.82) is 0 Å². The van der Waals surface area contributed by atoms with Crippen molar-refractivity contribution in [1.82, 2.24) is 10.2 Å². The molecule has 2 aliphatic rings. The third-order valence-corrected chi connectivity index (χ3v) is 4.73. The first-order valence-electron chi connectivity index (χ1n) is 7.84. The molecule has 2 fully saturated rings. The summed E-state index contributed by atoms with van der Waals surface area (Å²) in [6.07, 6.45) is 9.49. The van der Waals surface area contributed by atoms with Crippen LogP contribution in [0, 0.1) is 5.41 Å². The van der Waals surface area contributed by atoms with Gasteiger partial charge in [-0.2, -0.15) is 0 Å². The summed E-state index contributed by atoms with van der Waals surface area (Å²) in [5.41, 5.74) is -0.0333. The van der Waals surface area contributed by atoms with Crippen LogP contribution >= 0.6 is 0 Å². The molecule has 1 aliphatic carbocycles. The number of carbonyl (C=O) groups is 1. The Kier molecular flexibility index (Phi) is 5.64. The van der Waals surface area contributed by atoms with Crippen molar-refractivity contribution in [2.75, 3.05) is 32.8 Å². The van der Waals surface area contributed by atoms with Gasteiger partial charge >= 0.3 is 0 Å². The van der Waals surface area contributed by atoms with Crippen LogP contribution in [0.5, 0.6) is 0 Å². The molecule has 110 valence electrons. The van der Waals surface area contributed by atoms with Gasteiger partial charge in [-0.15, -0.1) is 0 Å². The van der Waals surface area contributed by atoms with Crippen LogP contribution < -0.4 is 5.32 Å². The Bertz CT molecular complexity index is 280. The number of nitrogens with zero attached hydrogens (tertiary/aromatic N) is 1. The van der Waals surface area contributed by atoms with Gasteiger partial charge < -0.3 is 10.4 Å². The highest BCUT2D eigenvalue weighted by Crippen LogP contribution is 2.36. The standard InChI is InChI=1S/C15H28N2O2/c18-13-15(7-3-4-8-15)12-16-14(19)11-17-9-5-1-2-6-10-17/h18H,1-13H2,(H,16,19). The van der Waals surface area contributed by atoms with Gasteiger partial charge in [0.1, 0.15) is 0 Å². The highest BCUT2D eigenvalue weighted by molar-refractivity contribution is 5.78. The molecule has 0 radical (unpaired) electrons. The maximum atomic E-state index is 12.0. The molecule has 2 N–H and O–H groups in total. The van der Waals surface area contributed by atoms with E-state index >= 15 is 0 Å². The van der Waals surface area contributed by atoms with E-state index in [0.29, 0.717) is 13.1 Å². The molecule has 0 aromatic carbocycles. The van der Waals surface area contributed by atoms with E-state index in [4.69, 9.17) is 0 Å². The van der Waals surface area contributed by atoms with Gasteiger partial charge in [-0.1, -0.05) is 25.7 Å². The number of likely N-dealkylation sites (tertiary alicyclic amines) is 1. The molecule has 1 saturated carbocycles. The van der Waals surface area contributed by atoms with Crippen LogP contribution in [0.4, 0.5) is 0 Å². The summed E-state index contributed by atoms with van der Waals surface area (Å²) in [6, 6.07) is 0. The van der Waals surface area contributed by atoms with E-state index in [2.05, 4.69) is 10.2 Å². The van der Waals surface area contributed by atoms with Crippen LogP contribution in [-0.2, 0) is 4.79 Å². The zero-order valence-corrected chi connectivity index (χ0v) is 12.0. The zero-order valence-electron chi connectivity index (χ0n) is 12.0. The minimum absolute atomic E-state index is 0.0333. The average molecular weight is 268 g/mol. The van der Waals surface area contributed by atoms with Crippen LogP contribution in [0.2, 0.25) is 0 Å². The predicted octanol–water partition coefficient (Wildman–Crippen LogP) is 1.53. The monoisotopic (exact) mass is 268 g/mol. The highest BCUT2D eigenvalue weighted by atomic mass is 16.3. The molecule has 2 rings (SSSR count). The Morgan fingerprint density at radius 1 is 1.05 bits per heavy atom. The lowest BCUT2D eigenvalue weighted by Gasteiger charge is -2.27. The minimum Gasteiger partial charge on any atom is -0.396 e. The fraction of sp³-hybridized carbons (Fsp3) is 0.933. The van der Waals surface area contributed by atoms with Crippen molar-refractivity contribution in [2.24, 2.45) is 5.41 Å². The largest absolute Gasteiger partial charge is 0.396 e. The van der Waals surface area contributed by atoms with Crippen molar-refractivity contribution >= 4 is 5.91 Å². The molecule has 0 unspecified atom stereocenters. The van der Waals surface area contributed by atoms with Crippen molar-refractivity contribution < 1.29 is 9.90 Å². The fourth-order valence-electron chi connectivity index (χ4n) is 3.36. The number of nitrogens with one attached hydrogen (secondary N) is 1. The number of carbonyl (C=O) groups excluding carboxylic acids is 1. The summed E-state index contributed by atoms with van der Waals surface area (Å²) in [6.45, 7) is 3.49. The molecule has 1 heterocycles. The van der Waals surface area contributed by atoms with Crippen LogP contribution in [-0.4, -0.2) is 48.7 Å². The second-order valence-corrected chi connectivity index (χ2v) is 6.33. The lowest BCUT2D eigenvalue weighted by Crippen LogP contribution is -2.43. The maximum Gasteiger partial charge on any atom is 0.234 e. The molecule has 0 bridgehead atoms. The molecule has 0 aromatic heterocycles. The maximum absolute atomic E-state index is 12.0. The van der Waals surface area contributed by atoms with Gasteiger partial charge in [0.2, 0.25) is 5.91 Å². The van der Waals surface area contributed by atoms with Crippen LogP contribution in [0.3, 0.4) is 0 Å². The van der Waals surface area contributed by atoms with Gasteiger partial charge in [0.05, 0.1) is 13.2 Å². The highest BCUT2D eigenvalue weighted by Gasteiger charge is 2.33. The summed E-state index contributed by atoms with van der Waals surface area (Å²) in [5, 5.41) is 12.6. The van der Waals surface area contributed by atoms with E-state index < -0.39 is 0 Å². The quantitative estimate of drug-likeness (QED) is 0.795. The normalized spacial score (nSPS) is 24.1. The molecule has 1 saturated heterocycles. The average Bonchev–Trinajstić information content (AvgIpc) is 2.75. The molecular weight excluding hydrogens is 240 g/mol. The van der Waals surface area contributed by atoms with E-state index in [9.17, 15) is 9.90 Å². The van der Waals surface area contributed by atoms with Crippen molar-refractivity contribution in [2.45, 2.75) is 51.4 Å². The molecule has 1 amide bonds. The van der Waals surface area contributed by atoms with Crippen LogP contribution in [0.1, 0.15) is 51.4 Å². The number of aliphatic hydroxyl groups is 1. The van der Waals surface area contributed by atoms with Gasteiger partial charge in [-0.25, -0.2) is 0 Å². The first kappa shape index (κ1) is 14.8. The molecule has 0 atom stereocenters. The second-order valence-electron chi connectivity index (χ2n) is 6.33. The summed E-state index contributed by atoms with van der Waals surface area (Å²) in [4.78, 5) is 14.3. The van der Waals surface area contributed by atoms with Crippen molar-refractivity contribution in [3.05, 3.63) is 0 Å². The lowest BCUT2D eigenvalue weighted by molar-refractivity contribution is -0.122. The third kappa shape index (κ3) is 4.46. The Morgan fingerprint density at radius 2 is 1.68 bits per heavy atom. The Hall–Kier alpha value is -0.610. The number of hydrogen-bond donors (Lipinski definition) is 2. The summed E-state index contributed by atoms with van der Waals surface area (Å²) in [5.74, 6) is 0.127. The molecule has 0 spiro atoms. The van der Waals surface area contributed by atoms with E-state index in [1.54, 1.807) is 0 Å². The van der Waals surface area contributed by atoms with Gasteiger partial charge in [0.15, 0.2) is 0 Å². The lowest BCUT2D eigenvalue weighted by atomic mass is 9.87. The SMILES string of the molecule is O=C(CN1CCCCCC1)NCC1(CO)CCCC1. The van der Waals surface area contributed by atoms with E-state index in [1.807, 2.05) is 0 Å². The molecule has 4 heteroatoms. The molecule has 19 heavy (non-hydrogen) atoms. The first-order chi connectivity index (χ1) is 9.24. The van der Waals surface area contributed by atoms with Gasteiger partial charge in [-0.3, -0.25) is 9.69 Å². The summed E-state index contributed by atoms with van der Waals surface area (Å²) in [7, 11) is 0. The van der Waals surface area contributed by atoms with Crippen molar-refractivity contribution in [3.63, 3.8) is 0 Å². The first-order valence-corrected chi connectivity index (χ1v) is 7.84. The number of rotatable bonds is 5. The number of amides is 1. The summed E-state index contributed by atoms with van der Waals surface area (Å²) < 4.78 is 0. The van der Waals surface area contributed by atoms with Crippen LogP contribution in [0.15, 0.2) is 0 Å². The van der Waals surface area contributed by atoms with Gasteiger partial charge in [-0.05, 0) is 38.8 Å². The Labute approximate surface area is 116 Å². The molecular formula is C15H28N2O2. The predicted molar refractivity (Wildman–Crippen MR) is 75.9 cm³/mol. The van der Waals surface area contributed by atoms with Gasteiger partial charge in [0.25, 0.3) is 0 Å². The molecule has 1 aliphatic heterocycles. The molecule has 0 aromatic rings. The Morgan fingerprint density at radius 3 is 2.26 bits per heavy atom. The molecule has 4 nitrogen and oxygen atoms in total. The number of aliphatic hydroxyl groups excluding tert-OH is 1. The second kappa shape index (κ2) is 7.25. The van der Waals surface area contributed by atoms with E-state index in [1.165, 1.54) is 38.5 Å². The fourth-order valence-corrected chi connectivity index (χ4v) is 3.36. The minimum atomic E-state index is -0.0333. The van der Waals surface area contributed by atoms with Gasteiger partial charge in [0, 0.05) is 12.0 Å². The van der Waals surface area contributed by atoms with Crippen molar-refractivity contribution in [3.8, 4) is 0 Å². The Balaban J connectivity index is 1.71. The zero-order chi connectivity index (χ0) is 13.6. The summed E-state index contributed by atoms with van der Waals surface area (Å²) >= 11 is 0. The van der Waals surface area contributed by atoms with E-state index in [0.717, 1.165) is 25.9 Å². The third-order valence-electron chi connectivity index (χ3n) is 4.73. The number of hydrogen-bond acceptors (Lipinski definition) is 3. The van der Waals surface area contributed by atoms with Crippen LogP contribution in [0.25, 0.3) is 0 Å². The topological polar surface area (TPSA) is 52.6 Å². The van der Waals surface area contributed by atoms with E-state index in [-0.39, 0.29) is 17.9 Å². The smallest absolute Gasteiger partial charge is 0.234 e.